The molecule has 0 aliphatic heterocycles. The molecule has 0 rings (SSSR count). The number of carbonyl (C=O) groups is 2. The van der Waals surface area contributed by atoms with Gasteiger partial charge in [0.05, 0.1) is 198 Å². The zero-order chi connectivity index (χ0) is 36.3. The molecule has 2 N–H and O–H groups in total. The van der Waals surface area contributed by atoms with Gasteiger partial charge in [-0.1, -0.05) is 0 Å². The molecule has 0 bridgehead atoms. The lowest BCUT2D eigenvalue weighted by atomic mass is 10.5. The third-order valence-corrected chi connectivity index (χ3v) is 5.76. The highest BCUT2D eigenvalue weighted by atomic mass is 16.6. The smallest absolute Gasteiger partial charge is 0.305 e. The van der Waals surface area contributed by atoms with E-state index in [1.54, 1.807) is 0 Å². The van der Waals surface area contributed by atoms with Crippen molar-refractivity contribution in [2.45, 2.75) is 12.8 Å². The fourth-order valence-corrected chi connectivity index (χ4v) is 3.28. The van der Waals surface area contributed by atoms with Crippen LogP contribution in [0.5, 0.6) is 0 Å². The van der Waals surface area contributed by atoms with Crippen LogP contribution < -0.4 is 0 Å². The van der Waals surface area contributed by atoms with Crippen LogP contribution >= 0.6 is 0 Å². The summed E-state index contributed by atoms with van der Waals surface area (Å²) < 4.78 is 75.2. The average Bonchev–Trinajstić information content (AvgIpc) is 3.10. The Kier molecular flexibility index (Phi) is 42.1. The second-order valence-electron chi connectivity index (χ2n) is 9.86. The highest BCUT2D eigenvalue weighted by Crippen LogP contribution is 1.89. The molecule has 0 unspecified atom stereocenters. The normalized spacial score (nSPS) is 11.4. The van der Waals surface area contributed by atoms with Gasteiger partial charge in [0.15, 0.2) is 0 Å². The van der Waals surface area contributed by atoms with E-state index in [1.165, 1.54) is 0 Å². The maximum atomic E-state index is 10.3. The minimum absolute atomic E-state index is 0.00781. The van der Waals surface area contributed by atoms with Crippen LogP contribution in [0, 0.1) is 0 Å². The number of aliphatic carboxylic acids is 2. The van der Waals surface area contributed by atoms with Crippen molar-refractivity contribution in [1.82, 2.24) is 0 Å². The lowest BCUT2D eigenvalue weighted by Crippen LogP contribution is -2.15. The fraction of sp³-hybridized carbons (Fsp3) is 0.938. The SMILES string of the molecule is O=C(O)CCOCCOCCOCCOCCOCCOCCOCCOCCOCCOCCOCCOCCOCCOCCC(=O)O. The maximum Gasteiger partial charge on any atom is 0.305 e. The van der Waals surface area contributed by atoms with Gasteiger partial charge < -0.3 is 76.5 Å². The molecule has 0 atom stereocenters. The Labute approximate surface area is 296 Å². The summed E-state index contributed by atoms with van der Waals surface area (Å²) in [4.78, 5) is 20.7. The molecule has 298 valence electrons. The summed E-state index contributed by atoms with van der Waals surface area (Å²) >= 11 is 0. The highest BCUT2D eigenvalue weighted by molar-refractivity contribution is 5.67. The Morgan fingerprint density at radius 2 is 0.320 bits per heavy atom. The van der Waals surface area contributed by atoms with Gasteiger partial charge in [-0.15, -0.1) is 0 Å². The molecule has 0 amide bonds. The van der Waals surface area contributed by atoms with Gasteiger partial charge in [0, 0.05) is 0 Å². The monoisotopic (exact) mass is 734 g/mol. The summed E-state index contributed by atoms with van der Waals surface area (Å²) in [5.41, 5.74) is 0. The Balaban J connectivity index is 3.06. The van der Waals surface area contributed by atoms with Crippen molar-refractivity contribution in [1.29, 1.82) is 0 Å². The van der Waals surface area contributed by atoms with Crippen molar-refractivity contribution in [2.75, 3.05) is 185 Å². The Hall–Kier alpha value is -1.62. The molecule has 0 aromatic rings. The summed E-state index contributed by atoms with van der Waals surface area (Å²) in [5, 5.41) is 17.0. The Bertz CT molecular complexity index is 634. The molecule has 0 aromatic heterocycles. The van der Waals surface area contributed by atoms with Gasteiger partial charge in [-0.25, -0.2) is 0 Å². The number of carboxylic acids is 2. The minimum Gasteiger partial charge on any atom is -0.481 e. The molecule has 0 aromatic carbocycles. The summed E-state index contributed by atoms with van der Waals surface area (Å²) in [5.74, 6) is -1.76. The van der Waals surface area contributed by atoms with E-state index in [0.717, 1.165) is 0 Å². The van der Waals surface area contributed by atoms with Crippen LogP contribution in [-0.2, 0) is 75.9 Å². The van der Waals surface area contributed by atoms with Crippen molar-refractivity contribution in [3.63, 3.8) is 0 Å². The van der Waals surface area contributed by atoms with Crippen molar-refractivity contribution in [3.05, 3.63) is 0 Å². The molecular formula is C32H62O18. The van der Waals surface area contributed by atoms with Gasteiger partial charge in [-0.05, 0) is 0 Å². The summed E-state index contributed by atoms with van der Waals surface area (Å²) in [6.07, 6.45) is -0.0156. The summed E-state index contributed by atoms with van der Waals surface area (Å²) in [7, 11) is 0. The molecule has 0 fully saturated rings. The summed E-state index contributed by atoms with van der Waals surface area (Å²) in [6, 6.07) is 0. The van der Waals surface area contributed by atoms with Crippen LogP contribution in [0.25, 0.3) is 0 Å². The maximum absolute atomic E-state index is 10.3. The average molecular weight is 735 g/mol. The molecule has 0 aliphatic carbocycles. The zero-order valence-electron chi connectivity index (χ0n) is 29.6. The van der Waals surface area contributed by atoms with E-state index in [0.29, 0.717) is 172 Å². The predicted molar refractivity (Wildman–Crippen MR) is 176 cm³/mol. The second kappa shape index (κ2) is 43.5. The molecule has 0 heterocycles. The van der Waals surface area contributed by atoms with Gasteiger partial charge in [0.2, 0.25) is 0 Å². The van der Waals surface area contributed by atoms with E-state index in [-0.39, 0.29) is 26.1 Å². The molecule has 0 saturated heterocycles. The van der Waals surface area contributed by atoms with Crippen LogP contribution in [0.1, 0.15) is 12.8 Å². The third kappa shape index (κ3) is 46.4. The van der Waals surface area contributed by atoms with Crippen LogP contribution in [0.15, 0.2) is 0 Å². The first-order valence-corrected chi connectivity index (χ1v) is 17.1. The predicted octanol–water partition coefficient (Wildman–Crippen LogP) is 0.168. The molecule has 18 nitrogen and oxygen atoms in total. The van der Waals surface area contributed by atoms with Gasteiger partial charge in [0.1, 0.15) is 0 Å². The molecule has 0 spiro atoms. The van der Waals surface area contributed by atoms with E-state index in [4.69, 9.17) is 76.5 Å². The quantitative estimate of drug-likeness (QED) is 0.0801. The van der Waals surface area contributed by atoms with Crippen molar-refractivity contribution in [3.8, 4) is 0 Å². The number of carboxylic acid groups (broad SMARTS) is 2. The molecule has 0 radical (unpaired) electrons. The number of ether oxygens (including phenoxy) is 14. The Morgan fingerprint density at radius 3 is 0.420 bits per heavy atom. The van der Waals surface area contributed by atoms with Crippen LogP contribution in [0.3, 0.4) is 0 Å². The number of hydrogen-bond acceptors (Lipinski definition) is 16. The standard InChI is InChI=1S/C32H62O18/c33-31(34)1-3-37-5-7-39-9-11-41-13-15-43-17-19-45-21-23-47-25-27-49-29-30-50-28-26-48-24-22-46-20-18-44-16-14-42-12-10-40-8-6-38-4-2-32(35)36/h1-30H2,(H,33,34)(H,35,36). The Morgan fingerprint density at radius 1 is 0.220 bits per heavy atom. The van der Waals surface area contributed by atoms with Crippen molar-refractivity contribution in [2.24, 2.45) is 0 Å². The van der Waals surface area contributed by atoms with Crippen LogP contribution in [0.4, 0.5) is 0 Å². The van der Waals surface area contributed by atoms with Gasteiger partial charge >= 0.3 is 11.9 Å². The van der Waals surface area contributed by atoms with Gasteiger partial charge in [-0.2, -0.15) is 0 Å². The van der Waals surface area contributed by atoms with Gasteiger partial charge in [-0.3, -0.25) is 9.59 Å². The molecular weight excluding hydrogens is 672 g/mol. The van der Waals surface area contributed by atoms with Crippen LogP contribution in [-0.4, -0.2) is 207 Å². The second-order valence-corrected chi connectivity index (χ2v) is 9.86. The highest BCUT2D eigenvalue weighted by Gasteiger charge is 1.99. The first-order chi connectivity index (χ1) is 24.6. The lowest BCUT2D eigenvalue weighted by Gasteiger charge is -2.09. The first-order valence-electron chi connectivity index (χ1n) is 17.1. The zero-order valence-corrected chi connectivity index (χ0v) is 29.6. The van der Waals surface area contributed by atoms with Crippen LogP contribution in [0.2, 0.25) is 0 Å². The largest absolute Gasteiger partial charge is 0.481 e. The number of hydrogen-bond donors (Lipinski definition) is 2. The molecule has 18 heteroatoms. The fourth-order valence-electron chi connectivity index (χ4n) is 3.28. The van der Waals surface area contributed by atoms with E-state index >= 15 is 0 Å². The number of rotatable bonds is 45. The van der Waals surface area contributed by atoms with Crippen molar-refractivity contribution < 1.29 is 86.1 Å². The summed E-state index contributed by atoms with van der Waals surface area (Å²) in [6.45, 7) is 12.2. The van der Waals surface area contributed by atoms with Crippen molar-refractivity contribution >= 4 is 11.9 Å². The molecule has 0 saturated carbocycles. The molecule has 50 heavy (non-hydrogen) atoms. The van der Waals surface area contributed by atoms with E-state index < -0.39 is 11.9 Å². The van der Waals surface area contributed by atoms with E-state index in [1.807, 2.05) is 0 Å². The lowest BCUT2D eigenvalue weighted by molar-refractivity contribution is -0.139. The first kappa shape index (κ1) is 48.4. The van der Waals surface area contributed by atoms with Gasteiger partial charge in [0.25, 0.3) is 0 Å². The van der Waals surface area contributed by atoms with E-state index in [2.05, 4.69) is 0 Å². The molecule has 0 aliphatic rings. The minimum atomic E-state index is -0.879. The third-order valence-electron chi connectivity index (χ3n) is 5.76. The topological polar surface area (TPSA) is 204 Å². The van der Waals surface area contributed by atoms with E-state index in [9.17, 15) is 9.59 Å².